The highest BCUT2D eigenvalue weighted by Crippen LogP contribution is 2.54. The Morgan fingerprint density at radius 2 is 0.789 bits per heavy atom. The Labute approximate surface area is 101 Å². The van der Waals surface area contributed by atoms with Gasteiger partial charge in [0.25, 0.3) is 17.2 Å². The molecule has 0 aliphatic heterocycles. The Bertz CT molecular complexity index is 479. The van der Waals surface area contributed by atoms with Crippen LogP contribution in [0.15, 0.2) is 0 Å². The zero-order valence-electron chi connectivity index (χ0n) is 8.63. The summed E-state index contributed by atoms with van der Waals surface area (Å²) in [6, 6.07) is 0. The first kappa shape index (κ1) is 15.8. The molecule has 0 atom stereocenters. The molecule has 13 heteroatoms. The van der Waals surface area contributed by atoms with Crippen molar-refractivity contribution in [3.63, 3.8) is 0 Å². The lowest BCUT2D eigenvalue weighted by atomic mass is 10.2. The van der Waals surface area contributed by atoms with E-state index in [0.29, 0.717) is 0 Å². The van der Waals surface area contributed by atoms with Crippen LogP contribution in [0.4, 0.5) is 17.1 Å². The van der Waals surface area contributed by atoms with Crippen molar-refractivity contribution in [2.24, 2.45) is 0 Å². The Morgan fingerprint density at radius 1 is 0.632 bits per heavy atom. The van der Waals surface area contributed by atoms with Gasteiger partial charge in [0.1, 0.15) is 0 Å². The van der Waals surface area contributed by atoms with Gasteiger partial charge in [0.05, 0.1) is 14.8 Å². The van der Waals surface area contributed by atoms with Crippen LogP contribution in [0.25, 0.3) is 0 Å². The van der Waals surface area contributed by atoms with Gasteiger partial charge in [0, 0.05) is 0 Å². The molecule has 0 aromatic heterocycles. The van der Waals surface area contributed by atoms with Crippen molar-refractivity contribution >= 4 is 17.1 Å². The highest BCUT2D eigenvalue weighted by atomic mass is 16.6. The number of nitro groups is 3. The summed E-state index contributed by atoms with van der Waals surface area (Å²) in [5.74, 6) is -5.03. The molecule has 5 N–H and O–H groups in total. The third-order valence-corrected chi connectivity index (χ3v) is 1.89. The van der Waals surface area contributed by atoms with Gasteiger partial charge in [0.2, 0.25) is 0 Å². The summed E-state index contributed by atoms with van der Waals surface area (Å²) >= 11 is 0. The molecule has 0 heterocycles. The first-order valence-corrected chi connectivity index (χ1v) is 3.94. The van der Waals surface area contributed by atoms with Gasteiger partial charge >= 0.3 is 17.1 Å². The minimum absolute atomic E-state index is 0. The molecule has 0 fully saturated rings. The Morgan fingerprint density at radius 3 is 0.895 bits per heavy atom. The molecule has 0 bridgehead atoms. The van der Waals surface area contributed by atoms with Crippen LogP contribution in [0.1, 0.15) is 0 Å². The van der Waals surface area contributed by atoms with E-state index < -0.39 is 49.1 Å². The smallest absolute Gasteiger partial charge is 0.366 e. The normalized spacial score (nSPS) is 9.47. The standard InChI is InChI=1S/C6H3N3O9.H2O/c10-4-1(7(13)14)5(11)3(9(17)18)6(12)2(4)8(15)16;/h10-12H;1H2. The number of nitro benzene ring substituents is 3. The van der Waals surface area contributed by atoms with Crippen molar-refractivity contribution in [3.05, 3.63) is 30.3 Å². The molecule has 1 aromatic carbocycles. The first-order chi connectivity index (χ1) is 8.20. The van der Waals surface area contributed by atoms with E-state index in [9.17, 15) is 45.7 Å². The predicted octanol–water partition coefficient (Wildman–Crippen LogP) is -0.297. The number of phenols is 3. The summed E-state index contributed by atoms with van der Waals surface area (Å²) < 4.78 is 0. The number of phenolic OH excluding ortho intramolecular Hbond substituents is 3. The molecule has 13 nitrogen and oxygen atoms in total. The fourth-order valence-electron chi connectivity index (χ4n) is 1.19. The van der Waals surface area contributed by atoms with Crippen molar-refractivity contribution in [2.75, 3.05) is 0 Å². The highest BCUT2D eigenvalue weighted by Gasteiger charge is 2.43. The monoisotopic (exact) mass is 279 g/mol. The fraction of sp³-hybridized carbons (Fsp3) is 0. The lowest BCUT2D eigenvalue weighted by Gasteiger charge is -2.03. The summed E-state index contributed by atoms with van der Waals surface area (Å²) in [6.45, 7) is 0. The molecule has 1 aromatic rings. The van der Waals surface area contributed by atoms with E-state index in [2.05, 4.69) is 0 Å². The number of hydrogen-bond acceptors (Lipinski definition) is 9. The van der Waals surface area contributed by atoms with Gasteiger partial charge < -0.3 is 20.8 Å². The topological polar surface area (TPSA) is 222 Å². The second kappa shape index (κ2) is 4.96. The highest BCUT2D eigenvalue weighted by molar-refractivity contribution is 5.80. The average Bonchev–Trinajstić information content (AvgIpc) is 2.14. The minimum atomic E-state index is -1.68. The summed E-state index contributed by atoms with van der Waals surface area (Å²) in [5, 5.41) is 58.9. The molecule has 0 radical (unpaired) electrons. The zero-order chi connectivity index (χ0) is 14.2. The molecular weight excluding hydrogens is 274 g/mol. The van der Waals surface area contributed by atoms with Gasteiger partial charge in [-0.3, -0.25) is 30.3 Å². The van der Waals surface area contributed by atoms with Crippen LogP contribution in [0, 0.1) is 30.3 Å². The molecule has 19 heavy (non-hydrogen) atoms. The minimum Gasteiger partial charge on any atom is -0.497 e. The second-order valence-corrected chi connectivity index (χ2v) is 2.86. The van der Waals surface area contributed by atoms with Crippen molar-refractivity contribution in [3.8, 4) is 17.2 Å². The van der Waals surface area contributed by atoms with E-state index in [4.69, 9.17) is 0 Å². The van der Waals surface area contributed by atoms with Gasteiger partial charge in [-0.2, -0.15) is 0 Å². The van der Waals surface area contributed by atoms with Gasteiger partial charge in [-0.1, -0.05) is 0 Å². The van der Waals surface area contributed by atoms with Crippen molar-refractivity contribution in [2.45, 2.75) is 0 Å². The predicted molar refractivity (Wildman–Crippen MR) is 55.0 cm³/mol. The maximum Gasteiger partial charge on any atom is 0.366 e. The van der Waals surface area contributed by atoms with Gasteiger partial charge in [-0.15, -0.1) is 0 Å². The SMILES string of the molecule is O.O=[N+]([O-])c1c(O)c([N+](=O)[O-])c(O)c([N+](=O)[O-])c1O. The zero-order valence-corrected chi connectivity index (χ0v) is 8.63. The van der Waals surface area contributed by atoms with E-state index >= 15 is 0 Å². The Hall–Kier alpha value is -3.22. The Balaban J connectivity index is 0.00000324. The number of nitrogens with zero attached hydrogens (tertiary/aromatic N) is 3. The van der Waals surface area contributed by atoms with Crippen molar-refractivity contribution < 1.29 is 35.6 Å². The van der Waals surface area contributed by atoms with Crippen LogP contribution in [0.3, 0.4) is 0 Å². The molecule has 1 rings (SSSR count). The number of aromatic hydroxyl groups is 3. The van der Waals surface area contributed by atoms with Crippen LogP contribution in [-0.4, -0.2) is 35.6 Å². The number of rotatable bonds is 3. The molecule has 0 aliphatic rings. The van der Waals surface area contributed by atoms with E-state index in [0.717, 1.165) is 0 Å². The van der Waals surface area contributed by atoms with E-state index in [1.807, 2.05) is 0 Å². The average molecular weight is 279 g/mol. The fourth-order valence-corrected chi connectivity index (χ4v) is 1.19. The third kappa shape index (κ3) is 2.25. The maximum atomic E-state index is 10.5. The van der Waals surface area contributed by atoms with E-state index in [1.54, 1.807) is 0 Å². The Kier molecular flexibility index (Phi) is 4.12. The van der Waals surface area contributed by atoms with Gasteiger partial charge in [-0.25, -0.2) is 0 Å². The van der Waals surface area contributed by atoms with Crippen LogP contribution in [0.5, 0.6) is 17.2 Å². The largest absolute Gasteiger partial charge is 0.497 e. The van der Waals surface area contributed by atoms with Crippen LogP contribution in [0.2, 0.25) is 0 Å². The lowest BCUT2D eigenvalue weighted by molar-refractivity contribution is -0.407. The molecule has 104 valence electrons. The van der Waals surface area contributed by atoms with Crippen molar-refractivity contribution in [1.82, 2.24) is 0 Å². The molecule has 0 saturated carbocycles. The van der Waals surface area contributed by atoms with Gasteiger partial charge in [-0.05, 0) is 0 Å². The van der Waals surface area contributed by atoms with Crippen LogP contribution >= 0.6 is 0 Å². The number of benzene rings is 1. The summed E-state index contributed by atoms with van der Waals surface area (Å²) in [6.07, 6.45) is 0. The molecule has 0 amide bonds. The summed E-state index contributed by atoms with van der Waals surface area (Å²) in [5.41, 5.74) is -4.90. The number of hydrogen-bond donors (Lipinski definition) is 3. The van der Waals surface area contributed by atoms with Crippen LogP contribution in [-0.2, 0) is 0 Å². The summed E-state index contributed by atoms with van der Waals surface area (Å²) in [4.78, 5) is 27.0. The molecule has 0 aliphatic carbocycles. The second-order valence-electron chi connectivity index (χ2n) is 2.86. The first-order valence-electron chi connectivity index (χ1n) is 3.94. The van der Waals surface area contributed by atoms with Crippen molar-refractivity contribution in [1.29, 1.82) is 0 Å². The van der Waals surface area contributed by atoms with Crippen LogP contribution < -0.4 is 0 Å². The lowest BCUT2D eigenvalue weighted by Crippen LogP contribution is -1.99. The molecule has 0 unspecified atom stereocenters. The maximum absolute atomic E-state index is 10.5. The van der Waals surface area contributed by atoms with E-state index in [1.165, 1.54) is 0 Å². The quantitative estimate of drug-likeness (QED) is 0.486. The summed E-state index contributed by atoms with van der Waals surface area (Å²) in [7, 11) is 0. The van der Waals surface area contributed by atoms with Gasteiger partial charge in [0.15, 0.2) is 0 Å². The third-order valence-electron chi connectivity index (χ3n) is 1.89. The molecular formula is C6H5N3O10. The van der Waals surface area contributed by atoms with E-state index in [-0.39, 0.29) is 5.48 Å². The molecule has 0 saturated heterocycles. The molecule has 0 spiro atoms.